The highest BCUT2D eigenvalue weighted by molar-refractivity contribution is 6.31. The number of nitrogens with one attached hydrogen (secondary N) is 1. The lowest BCUT2D eigenvalue weighted by atomic mass is 9.91. The lowest BCUT2D eigenvalue weighted by molar-refractivity contribution is 0.108. The van der Waals surface area contributed by atoms with Crippen molar-refractivity contribution in [3.63, 3.8) is 0 Å². The van der Waals surface area contributed by atoms with Gasteiger partial charge in [-0.15, -0.1) is 0 Å². The number of hydrogen-bond acceptors (Lipinski definition) is 4. The lowest BCUT2D eigenvalue weighted by Crippen LogP contribution is -2.21. The Hall–Kier alpha value is -2.90. The van der Waals surface area contributed by atoms with Crippen molar-refractivity contribution in [2.24, 2.45) is 0 Å². The van der Waals surface area contributed by atoms with Gasteiger partial charge in [0.2, 0.25) is 0 Å². The van der Waals surface area contributed by atoms with Crippen molar-refractivity contribution in [2.45, 2.75) is 50.7 Å². The molecular formula is C25H26ClFN4O2. The normalized spacial score (nSPS) is 19.7. The van der Waals surface area contributed by atoms with E-state index < -0.39 is 5.82 Å². The van der Waals surface area contributed by atoms with Crippen molar-refractivity contribution in [1.82, 2.24) is 19.7 Å². The molecule has 1 aromatic carbocycles. The van der Waals surface area contributed by atoms with Gasteiger partial charge < -0.3 is 14.8 Å². The number of aromatic amines is 1. The summed E-state index contributed by atoms with van der Waals surface area (Å²) in [6.45, 7) is 1.98. The summed E-state index contributed by atoms with van der Waals surface area (Å²) in [6, 6.07) is 5.31. The van der Waals surface area contributed by atoms with Crippen LogP contribution in [0.3, 0.4) is 0 Å². The van der Waals surface area contributed by atoms with Gasteiger partial charge in [0.15, 0.2) is 0 Å². The van der Waals surface area contributed by atoms with Crippen LogP contribution in [0.1, 0.15) is 55.7 Å². The van der Waals surface area contributed by atoms with Crippen LogP contribution in [0, 0.1) is 5.82 Å². The number of H-pyrrole nitrogens is 1. The van der Waals surface area contributed by atoms with Crippen LogP contribution in [-0.2, 0) is 0 Å². The molecule has 4 aromatic rings. The first kappa shape index (κ1) is 21.9. The van der Waals surface area contributed by atoms with E-state index in [1.807, 2.05) is 36.4 Å². The number of pyridine rings is 1. The summed E-state index contributed by atoms with van der Waals surface area (Å²) >= 11 is 6.35. The predicted octanol–water partition coefficient (Wildman–Crippen LogP) is 5.86. The predicted molar refractivity (Wildman–Crippen MR) is 126 cm³/mol. The number of ether oxygens (including phenoxy) is 1. The number of fused-ring (bicyclic) bond motifs is 1. The summed E-state index contributed by atoms with van der Waals surface area (Å²) in [5, 5.41) is 15.4. The van der Waals surface area contributed by atoms with Gasteiger partial charge in [-0.3, -0.25) is 4.68 Å². The molecule has 0 unspecified atom stereocenters. The van der Waals surface area contributed by atoms with E-state index in [9.17, 15) is 9.50 Å². The van der Waals surface area contributed by atoms with Gasteiger partial charge in [0.05, 0.1) is 30.5 Å². The molecule has 3 heterocycles. The number of halogens is 2. The van der Waals surface area contributed by atoms with Crippen LogP contribution in [-0.4, -0.2) is 38.1 Å². The highest BCUT2D eigenvalue weighted by Gasteiger charge is 2.24. The molecular weight excluding hydrogens is 443 g/mol. The van der Waals surface area contributed by atoms with Crippen LogP contribution >= 0.6 is 11.6 Å². The minimum atomic E-state index is -0.472. The molecule has 8 heteroatoms. The van der Waals surface area contributed by atoms with E-state index in [0.717, 1.165) is 53.4 Å². The van der Waals surface area contributed by atoms with Gasteiger partial charge >= 0.3 is 0 Å². The zero-order chi connectivity index (χ0) is 23.1. The van der Waals surface area contributed by atoms with Crippen molar-refractivity contribution < 1.29 is 14.2 Å². The first-order chi connectivity index (χ1) is 16.0. The fourth-order valence-corrected chi connectivity index (χ4v) is 5.15. The SMILES string of the molecule is COc1ccc(F)c(Cl)c1[C@@H](C)c1c[nH]c2ncc(-c3cnn(C4CCC(O)CC4)c3)cc12. The maximum atomic E-state index is 14.2. The highest BCUT2D eigenvalue weighted by atomic mass is 35.5. The van der Waals surface area contributed by atoms with Gasteiger partial charge in [-0.05, 0) is 49.4 Å². The standard InChI is InChI=1S/C25H26ClFN4O2/c1-14(23-22(33-2)8-7-21(27)24(23)26)20-12-29-25-19(20)9-15(10-28-25)16-11-30-31(13-16)17-3-5-18(32)6-4-17/h7-14,17-18,32H,3-6H2,1-2H3,(H,28,29)/t14-,17?,18?/m0/s1. The molecule has 172 valence electrons. The van der Waals surface area contributed by atoms with Crippen LogP contribution in [0.5, 0.6) is 5.75 Å². The Morgan fingerprint density at radius 1 is 1.21 bits per heavy atom. The largest absolute Gasteiger partial charge is 0.496 e. The molecule has 1 aliphatic rings. The number of aliphatic hydroxyl groups excluding tert-OH is 1. The highest BCUT2D eigenvalue weighted by Crippen LogP contribution is 2.41. The minimum Gasteiger partial charge on any atom is -0.496 e. The topological polar surface area (TPSA) is 76.0 Å². The van der Waals surface area contributed by atoms with Crippen LogP contribution in [0.2, 0.25) is 5.02 Å². The van der Waals surface area contributed by atoms with E-state index in [0.29, 0.717) is 17.4 Å². The molecule has 0 saturated heterocycles. The first-order valence-electron chi connectivity index (χ1n) is 11.2. The number of aromatic nitrogens is 4. The van der Waals surface area contributed by atoms with E-state index in [1.54, 1.807) is 13.2 Å². The third kappa shape index (κ3) is 4.00. The van der Waals surface area contributed by atoms with Gasteiger partial charge in [-0.2, -0.15) is 5.10 Å². The van der Waals surface area contributed by atoms with Gasteiger partial charge in [-0.1, -0.05) is 18.5 Å². The summed E-state index contributed by atoms with van der Waals surface area (Å²) in [5.41, 5.74) is 4.25. The number of hydrogen-bond donors (Lipinski definition) is 2. The number of methoxy groups -OCH3 is 1. The molecule has 2 N–H and O–H groups in total. The Morgan fingerprint density at radius 2 is 2.00 bits per heavy atom. The first-order valence-corrected chi connectivity index (χ1v) is 11.6. The van der Waals surface area contributed by atoms with Gasteiger partial charge in [0.1, 0.15) is 17.2 Å². The third-order valence-electron chi connectivity index (χ3n) is 6.75. The smallest absolute Gasteiger partial charge is 0.142 e. The van der Waals surface area contributed by atoms with Crippen molar-refractivity contribution in [3.8, 4) is 16.9 Å². The van der Waals surface area contributed by atoms with Gasteiger partial charge in [0.25, 0.3) is 0 Å². The van der Waals surface area contributed by atoms with Crippen LogP contribution in [0.15, 0.2) is 43.0 Å². The van der Waals surface area contributed by atoms with Crippen molar-refractivity contribution >= 4 is 22.6 Å². The van der Waals surface area contributed by atoms with Gasteiger partial charge in [-0.25, -0.2) is 9.37 Å². The number of benzene rings is 1. The molecule has 5 rings (SSSR count). The van der Waals surface area contributed by atoms with Crippen LogP contribution in [0.4, 0.5) is 4.39 Å². The third-order valence-corrected chi connectivity index (χ3v) is 7.13. The zero-order valence-electron chi connectivity index (χ0n) is 18.6. The quantitative estimate of drug-likeness (QED) is 0.385. The summed E-state index contributed by atoms with van der Waals surface area (Å²) < 4.78 is 21.7. The number of nitrogens with zero attached hydrogens (tertiary/aromatic N) is 3. The average Bonchev–Trinajstić information content (AvgIpc) is 3.48. The minimum absolute atomic E-state index is 0.0687. The molecule has 6 nitrogen and oxygen atoms in total. The monoisotopic (exact) mass is 468 g/mol. The van der Waals surface area contributed by atoms with E-state index in [2.05, 4.69) is 21.1 Å². The second-order valence-electron chi connectivity index (χ2n) is 8.73. The van der Waals surface area contributed by atoms with E-state index in [1.165, 1.54) is 6.07 Å². The van der Waals surface area contributed by atoms with Crippen LogP contribution < -0.4 is 4.74 Å². The van der Waals surface area contributed by atoms with E-state index >= 15 is 0 Å². The van der Waals surface area contributed by atoms with Gasteiger partial charge in [0, 0.05) is 46.6 Å². The second-order valence-corrected chi connectivity index (χ2v) is 9.11. The average molecular weight is 469 g/mol. The molecule has 1 fully saturated rings. The molecule has 1 atom stereocenters. The molecule has 0 bridgehead atoms. The van der Waals surface area contributed by atoms with Crippen LogP contribution in [0.25, 0.3) is 22.2 Å². The zero-order valence-corrected chi connectivity index (χ0v) is 19.3. The Labute approximate surface area is 196 Å². The second kappa shape index (κ2) is 8.80. The lowest BCUT2D eigenvalue weighted by Gasteiger charge is -2.25. The molecule has 33 heavy (non-hydrogen) atoms. The Morgan fingerprint density at radius 3 is 2.76 bits per heavy atom. The number of rotatable bonds is 5. The maximum Gasteiger partial charge on any atom is 0.142 e. The molecule has 0 spiro atoms. The van der Waals surface area contributed by atoms with Crippen molar-refractivity contribution in [2.75, 3.05) is 7.11 Å². The fourth-order valence-electron chi connectivity index (χ4n) is 4.83. The summed E-state index contributed by atoms with van der Waals surface area (Å²) in [5.74, 6) is -0.141. The molecule has 0 aliphatic heterocycles. The van der Waals surface area contributed by atoms with E-state index in [4.69, 9.17) is 16.3 Å². The Bertz CT molecular complexity index is 1290. The molecule has 0 amide bonds. The van der Waals surface area contributed by atoms with Crippen molar-refractivity contribution in [1.29, 1.82) is 0 Å². The maximum absolute atomic E-state index is 14.2. The Kier molecular flexibility index (Phi) is 5.85. The van der Waals surface area contributed by atoms with E-state index in [-0.39, 0.29) is 17.0 Å². The Balaban J connectivity index is 1.50. The number of aliphatic hydroxyl groups is 1. The molecule has 0 radical (unpaired) electrons. The fraction of sp³-hybridized carbons (Fsp3) is 0.360. The van der Waals surface area contributed by atoms with Crippen molar-refractivity contribution in [3.05, 3.63) is 65.0 Å². The summed E-state index contributed by atoms with van der Waals surface area (Å²) in [7, 11) is 1.55. The molecule has 1 aliphatic carbocycles. The molecule has 3 aromatic heterocycles. The summed E-state index contributed by atoms with van der Waals surface area (Å²) in [6.07, 6.45) is 10.9. The summed E-state index contributed by atoms with van der Waals surface area (Å²) in [4.78, 5) is 7.82. The molecule has 1 saturated carbocycles.